The number of rotatable bonds is 1. The second kappa shape index (κ2) is 4.84. The Morgan fingerprint density at radius 1 is 1.26 bits per heavy atom. The molecule has 0 N–H and O–H groups in total. The zero-order chi connectivity index (χ0) is 13.5. The highest BCUT2D eigenvalue weighted by Gasteiger charge is 2.28. The topological polar surface area (TPSA) is 29.0 Å². The van der Waals surface area contributed by atoms with E-state index >= 15 is 0 Å². The lowest BCUT2D eigenvalue weighted by molar-refractivity contribution is 0.643. The maximum absolute atomic E-state index is 6.06. The Hall–Kier alpha value is -1.00. The summed E-state index contributed by atoms with van der Waals surface area (Å²) in [7, 11) is 0. The second-order valence-electron chi connectivity index (χ2n) is 5.36. The van der Waals surface area contributed by atoms with Crippen LogP contribution >= 0.6 is 23.4 Å². The van der Waals surface area contributed by atoms with Crippen LogP contribution in [0.5, 0.6) is 0 Å². The number of nitrogens with zero attached hydrogens (tertiary/aromatic N) is 3. The van der Waals surface area contributed by atoms with E-state index in [2.05, 4.69) is 34.8 Å². The Kier molecular flexibility index (Phi) is 3.31. The predicted octanol–water partition coefficient (Wildman–Crippen LogP) is 3.62. The highest BCUT2D eigenvalue weighted by molar-refractivity contribution is 8.00. The summed E-state index contributed by atoms with van der Waals surface area (Å²) in [5, 5.41) is 1.40. The average Bonchev–Trinajstić information content (AvgIpc) is 2.36. The van der Waals surface area contributed by atoms with E-state index in [-0.39, 0.29) is 4.75 Å². The van der Waals surface area contributed by atoms with Gasteiger partial charge in [-0.1, -0.05) is 12.1 Å². The molecular weight excluding hydrogens is 278 g/mol. The standard InChI is InChI=1S/C14H16ClN3S/c1-14(2)9-18(7-8-19-14)12-10-5-3-4-6-11(10)16-13(15)17-12/h3-6H,7-9H2,1-2H3. The summed E-state index contributed by atoms with van der Waals surface area (Å²) in [6.07, 6.45) is 0. The Morgan fingerprint density at radius 2 is 2.05 bits per heavy atom. The maximum Gasteiger partial charge on any atom is 0.224 e. The quantitative estimate of drug-likeness (QED) is 0.751. The van der Waals surface area contributed by atoms with Crippen molar-refractivity contribution in [3.8, 4) is 0 Å². The number of para-hydroxylation sites is 1. The van der Waals surface area contributed by atoms with Crippen molar-refractivity contribution in [3.05, 3.63) is 29.5 Å². The minimum Gasteiger partial charge on any atom is -0.354 e. The van der Waals surface area contributed by atoms with Crippen molar-refractivity contribution in [2.75, 3.05) is 23.7 Å². The molecular formula is C14H16ClN3S. The number of benzene rings is 1. The maximum atomic E-state index is 6.06. The smallest absolute Gasteiger partial charge is 0.224 e. The highest BCUT2D eigenvalue weighted by atomic mass is 35.5. The van der Waals surface area contributed by atoms with Crippen LogP contribution in [-0.2, 0) is 0 Å². The minimum atomic E-state index is 0.247. The molecule has 0 bridgehead atoms. The van der Waals surface area contributed by atoms with Crippen molar-refractivity contribution in [3.63, 3.8) is 0 Å². The number of halogens is 1. The molecule has 3 rings (SSSR count). The van der Waals surface area contributed by atoms with Crippen molar-refractivity contribution in [2.45, 2.75) is 18.6 Å². The second-order valence-corrected chi connectivity index (χ2v) is 7.50. The van der Waals surface area contributed by atoms with Gasteiger partial charge in [-0.05, 0) is 37.6 Å². The van der Waals surface area contributed by atoms with Crippen molar-refractivity contribution < 1.29 is 0 Å². The normalized spacial score (nSPS) is 18.8. The molecule has 5 heteroatoms. The van der Waals surface area contributed by atoms with Crippen LogP contribution in [-0.4, -0.2) is 33.6 Å². The number of thioether (sulfide) groups is 1. The third-order valence-electron chi connectivity index (χ3n) is 3.28. The third kappa shape index (κ3) is 2.65. The van der Waals surface area contributed by atoms with Crippen LogP contribution in [0, 0.1) is 0 Å². The van der Waals surface area contributed by atoms with Crippen molar-refractivity contribution in [1.82, 2.24) is 9.97 Å². The zero-order valence-electron chi connectivity index (χ0n) is 11.1. The Bertz CT molecular complexity index is 615. The SMILES string of the molecule is CC1(C)CN(c2nc(Cl)nc3ccccc23)CCS1. The molecule has 0 saturated carbocycles. The monoisotopic (exact) mass is 293 g/mol. The van der Waals surface area contributed by atoms with E-state index in [1.165, 1.54) is 0 Å². The zero-order valence-corrected chi connectivity index (χ0v) is 12.6. The molecule has 2 aromatic rings. The number of hydrogen-bond acceptors (Lipinski definition) is 4. The van der Waals surface area contributed by atoms with Crippen LogP contribution in [0.3, 0.4) is 0 Å². The molecule has 1 aliphatic heterocycles. The molecule has 1 fully saturated rings. The van der Waals surface area contributed by atoms with Crippen LogP contribution in [0.2, 0.25) is 5.28 Å². The van der Waals surface area contributed by atoms with E-state index in [9.17, 15) is 0 Å². The van der Waals surface area contributed by atoms with Gasteiger partial charge in [0.15, 0.2) is 0 Å². The molecule has 0 aliphatic carbocycles. The van der Waals surface area contributed by atoms with Gasteiger partial charge in [0.05, 0.1) is 5.52 Å². The van der Waals surface area contributed by atoms with Crippen molar-refractivity contribution in [2.24, 2.45) is 0 Å². The molecule has 19 heavy (non-hydrogen) atoms. The highest BCUT2D eigenvalue weighted by Crippen LogP contribution is 2.34. The largest absolute Gasteiger partial charge is 0.354 e. The van der Waals surface area contributed by atoms with Gasteiger partial charge in [-0.15, -0.1) is 0 Å². The molecule has 0 unspecified atom stereocenters. The van der Waals surface area contributed by atoms with E-state index in [4.69, 9.17) is 11.6 Å². The average molecular weight is 294 g/mol. The van der Waals surface area contributed by atoms with Gasteiger partial charge in [0.2, 0.25) is 5.28 Å². The molecule has 0 amide bonds. The first kappa shape index (κ1) is 13.0. The molecule has 1 aromatic heterocycles. The summed E-state index contributed by atoms with van der Waals surface area (Å²) in [6, 6.07) is 8.05. The fraction of sp³-hybridized carbons (Fsp3) is 0.429. The van der Waals surface area contributed by atoms with Crippen LogP contribution in [0.25, 0.3) is 10.9 Å². The molecule has 100 valence electrons. The summed E-state index contributed by atoms with van der Waals surface area (Å²) in [4.78, 5) is 11.1. The Balaban J connectivity index is 2.09. The fourth-order valence-corrected chi connectivity index (χ4v) is 3.75. The Labute approximate surface area is 122 Å². The van der Waals surface area contributed by atoms with Gasteiger partial charge in [0, 0.05) is 29.0 Å². The predicted molar refractivity (Wildman–Crippen MR) is 83.3 cm³/mol. The van der Waals surface area contributed by atoms with E-state index in [0.717, 1.165) is 35.6 Å². The van der Waals surface area contributed by atoms with Gasteiger partial charge in [-0.25, -0.2) is 4.98 Å². The molecule has 3 nitrogen and oxygen atoms in total. The van der Waals surface area contributed by atoms with Crippen LogP contribution in [0.4, 0.5) is 5.82 Å². The molecule has 1 aromatic carbocycles. The summed E-state index contributed by atoms with van der Waals surface area (Å²) < 4.78 is 0.247. The van der Waals surface area contributed by atoms with Crippen LogP contribution in [0.1, 0.15) is 13.8 Å². The van der Waals surface area contributed by atoms with Gasteiger partial charge in [0.25, 0.3) is 0 Å². The van der Waals surface area contributed by atoms with Crippen LogP contribution < -0.4 is 4.90 Å². The van der Waals surface area contributed by atoms with Gasteiger partial charge in [-0.3, -0.25) is 0 Å². The summed E-state index contributed by atoms with van der Waals surface area (Å²) in [6.45, 7) is 6.53. The first-order valence-electron chi connectivity index (χ1n) is 6.36. The van der Waals surface area contributed by atoms with E-state index < -0.39 is 0 Å². The summed E-state index contributed by atoms with van der Waals surface area (Å²) in [5.74, 6) is 2.08. The first-order chi connectivity index (χ1) is 9.05. The van der Waals surface area contributed by atoms with Gasteiger partial charge in [-0.2, -0.15) is 16.7 Å². The number of anilines is 1. The molecule has 1 saturated heterocycles. The molecule has 0 atom stereocenters. The van der Waals surface area contributed by atoms with E-state index in [1.807, 2.05) is 30.0 Å². The molecule has 2 heterocycles. The van der Waals surface area contributed by atoms with E-state index in [1.54, 1.807) is 0 Å². The summed E-state index contributed by atoms with van der Waals surface area (Å²) >= 11 is 8.07. The van der Waals surface area contributed by atoms with Gasteiger partial charge in [0.1, 0.15) is 5.82 Å². The lowest BCUT2D eigenvalue weighted by Crippen LogP contribution is -2.43. The van der Waals surface area contributed by atoms with Gasteiger partial charge >= 0.3 is 0 Å². The lowest BCUT2D eigenvalue weighted by atomic mass is 10.1. The Morgan fingerprint density at radius 3 is 2.84 bits per heavy atom. The fourth-order valence-electron chi connectivity index (χ4n) is 2.47. The van der Waals surface area contributed by atoms with Crippen LogP contribution in [0.15, 0.2) is 24.3 Å². The number of hydrogen-bond donors (Lipinski definition) is 0. The lowest BCUT2D eigenvalue weighted by Gasteiger charge is -2.38. The first-order valence-corrected chi connectivity index (χ1v) is 7.73. The van der Waals surface area contributed by atoms with Crippen molar-refractivity contribution >= 4 is 40.1 Å². The van der Waals surface area contributed by atoms with E-state index in [0.29, 0.717) is 5.28 Å². The minimum absolute atomic E-state index is 0.247. The third-order valence-corrected chi connectivity index (χ3v) is 4.75. The van der Waals surface area contributed by atoms with Crippen molar-refractivity contribution in [1.29, 1.82) is 0 Å². The number of fused-ring (bicyclic) bond motifs is 1. The molecule has 1 aliphatic rings. The summed E-state index contributed by atoms with van der Waals surface area (Å²) in [5.41, 5.74) is 0.911. The van der Waals surface area contributed by atoms with Gasteiger partial charge < -0.3 is 4.90 Å². The molecule has 0 radical (unpaired) electrons. The number of aromatic nitrogens is 2. The molecule has 0 spiro atoms.